The summed E-state index contributed by atoms with van der Waals surface area (Å²) in [4.78, 5) is 15.9. The first-order valence-electron chi connectivity index (χ1n) is 19.2. The van der Waals surface area contributed by atoms with Crippen molar-refractivity contribution in [2.45, 2.75) is 0 Å². The highest BCUT2D eigenvalue weighted by atomic mass is 16.3. The highest BCUT2D eigenvalue weighted by Gasteiger charge is 2.21. The molecule has 0 aliphatic carbocycles. The minimum Gasteiger partial charge on any atom is -0.455 e. The Labute approximate surface area is 329 Å². The Hall–Kier alpha value is -7.69. The molecule has 266 valence electrons. The molecule has 0 N–H and O–H groups in total. The van der Waals surface area contributed by atoms with Crippen molar-refractivity contribution in [3.05, 3.63) is 200 Å². The van der Waals surface area contributed by atoms with E-state index < -0.39 is 0 Å². The van der Waals surface area contributed by atoms with Crippen LogP contribution in [0.1, 0.15) is 0 Å². The number of para-hydroxylation sites is 1. The maximum atomic E-state index is 6.74. The number of rotatable bonds is 6. The average Bonchev–Trinajstić information content (AvgIpc) is 3.68. The Morgan fingerprint density at radius 3 is 1.49 bits per heavy atom. The van der Waals surface area contributed by atoms with Crippen LogP contribution < -0.4 is 0 Å². The molecule has 2 aromatic heterocycles. The van der Waals surface area contributed by atoms with Gasteiger partial charge in [0.2, 0.25) is 0 Å². The average molecular weight is 728 g/mol. The summed E-state index contributed by atoms with van der Waals surface area (Å²) in [6, 6.07) is 69.8. The second kappa shape index (κ2) is 13.6. The predicted octanol–water partition coefficient (Wildman–Crippen LogP) is 14.1. The zero-order chi connectivity index (χ0) is 37.7. The van der Waals surface area contributed by atoms with Gasteiger partial charge in [-0.05, 0) is 61.5 Å². The van der Waals surface area contributed by atoms with Crippen LogP contribution in [0, 0.1) is 0 Å². The molecule has 0 atom stereocenters. The molecule has 11 rings (SSSR count). The highest BCUT2D eigenvalue weighted by Crippen LogP contribution is 2.42. The van der Waals surface area contributed by atoms with Crippen LogP contribution in [0.2, 0.25) is 0 Å². The molecule has 0 bridgehead atoms. The van der Waals surface area contributed by atoms with Gasteiger partial charge in [-0.3, -0.25) is 0 Å². The van der Waals surface area contributed by atoms with E-state index in [9.17, 15) is 0 Å². The second-order valence-corrected chi connectivity index (χ2v) is 14.3. The van der Waals surface area contributed by atoms with Crippen molar-refractivity contribution >= 4 is 43.5 Å². The number of aromatic nitrogens is 3. The normalized spacial score (nSPS) is 11.5. The zero-order valence-electron chi connectivity index (χ0n) is 30.8. The Bertz CT molecular complexity index is 3270. The maximum Gasteiger partial charge on any atom is 0.164 e. The Morgan fingerprint density at radius 2 is 0.737 bits per heavy atom. The lowest BCUT2D eigenvalue weighted by Gasteiger charge is -2.14. The third-order valence-electron chi connectivity index (χ3n) is 11.0. The Morgan fingerprint density at radius 1 is 0.281 bits per heavy atom. The minimum absolute atomic E-state index is 0.588. The van der Waals surface area contributed by atoms with Gasteiger partial charge in [-0.1, -0.05) is 188 Å². The van der Waals surface area contributed by atoms with Crippen LogP contribution in [0.4, 0.5) is 0 Å². The molecule has 0 saturated carbocycles. The molecule has 4 heteroatoms. The fourth-order valence-electron chi connectivity index (χ4n) is 8.26. The largest absolute Gasteiger partial charge is 0.455 e. The Kier molecular flexibility index (Phi) is 7.78. The van der Waals surface area contributed by atoms with Crippen LogP contribution in [0.25, 0.3) is 111 Å². The van der Waals surface area contributed by atoms with Crippen LogP contribution in [0.15, 0.2) is 205 Å². The lowest BCUT2D eigenvalue weighted by Crippen LogP contribution is -2.01. The molecule has 0 aliphatic heterocycles. The minimum atomic E-state index is 0.588. The van der Waals surface area contributed by atoms with E-state index >= 15 is 0 Å². The van der Waals surface area contributed by atoms with Crippen LogP contribution >= 0.6 is 0 Å². The number of fused-ring (bicyclic) bond motifs is 5. The lowest BCUT2D eigenvalue weighted by atomic mass is 9.94. The van der Waals surface area contributed by atoms with Gasteiger partial charge < -0.3 is 4.42 Å². The van der Waals surface area contributed by atoms with Crippen LogP contribution in [0.3, 0.4) is 0 Å². The van der Waals surface area contributed by atoms with Crippen molar-refractivity contribution < 1.29 is 4.42 Å². The Balaban J connectivity index is 1.13. The monoisotopic (exact) mass is 727 g/mol. The van der Waals surface area contributed by atoms with Crippen molar-refractivity contribution in [2.75, 3.05) is 0 Å². The third-order valence-corrected chi connectivity index (χ3v) is 11.0. The fraction of sp³-hybridized carbons (Fsp3) is 0. The van der Waals surface area contributed by atoms with E-state index in [1.54, 1.807) is 0 Å². The van der Waals surface area contributed by atoms with E-state index in [-0.39, 0.29) is 0 Å². The predicted molar refractivity (Wildman–Crippen MR) is 235 cm³/mol. The van der Waals surface area contributed by atoms with Gasteiger partial charge in [0.15, 0.2) is 17.5 Å². The smallest absolute Gasteiger partial charge is 0.164 e. The number of hydrogen-bond acceptors (Lipinski definition) is 4. The van der Waals surface area contributed by atoms with Crippen LogP contribution in [-0.2, 0) is 0 Å². The first-order valence-corrected chi connectivity index (χ1v) is 19.2. The first-order chi connectivity index (χ1) is 28.3. The molecule has 0 aliphatic rings. The number of furan rings is 1. The van der Waals surface area contributed by atoms with Gasteiger partial charge in [0, 0.05) is 33.0 Å². The topological polar surface area (TPSA) is 51.8 Å². The molecule has 0 amide bonds. The maximum absolute atomic E-state index is 6.74. The van der Waals surface area contributed by atoms with Gasteiger partial charge in [0.25, 0.3) is 0 Å². The van der Waals surface area contributed by atoms with E-state index in [4.69, 9.17) is 19.4 Å². The van der Waals surface area contributed by atoms with Gasteiger partial charge in [0.1, 0.15) is 11.2 Å². The fourth-order valence-corrected chi connectivity index (χ4v) is 8.26. The summed E-state index contributed by atoms with van der Waals surface area (Å²) in [6.07, 6.45) is 0. The van der Waals surface area contributed by atoms with Crippen LogP contribution in [0.5, 0.6) is 0 Å². The number of benzene rings is 9. The molecule has 9 aromatic carbocycles. The molecule has 4 nitrogen and oxygen atoms in total. The summed E-state index contributed by atoms with van der Waals surface area (Å²) < 4.78 is 6.74. The summed E-state index contributed by atoms with van der Waals surface area (Å²) in [5.41, 5.74) is 11.2. The van der Waals surface area contributed by atoms with Crippen molar-refractivity contribution in [1.82, 2.24) is 15.0 Å². The summed E-state index contributed by atoms with van der Waals surface area (Å²) in [6.45, 7) is 0. The van der Waals surface area contributed by atoms with E-state index in [2.05, 4.69) is 182 Å². The third kappa shape index (κ3) is 5.66. The molecule has 2 heterocycles. The van der Waals surface area contributed by atoms with Crippen molar-refractivity contribution in [2.24, 2.45) is 0 Å². The molecule has 11 aromatic rings. The second-order valence-electron chi connectivity index (χ2n) is 14.3. The summed E-state index contributed by atoms with van der Waals surface area (Å²) in [5.74, 6) is 1.82. The first kappa shape index (κ1) is 32.7. The van der Waals surface area contributed by atoms with E-state index in [0.29, 0.717) is 17.5 Å². The SMILES string of the molecule is c1ccc(-c2ccc(-c3cccc4c3oc3cccc(-c5nc(-c6cccc7ccccc67)nc(-c6ccc(-c7ccccc7)c7ccccc67)n5)c34)cc2)cc1. The van der Waals surface area contributed by atoms with Gasteiger partial charge in [-0.15, -0.1) is 0 Å². The van der Waals surface area contributed by atoms with E-state index in [1.165, 1.54) is 16.7 Å². The van der Waals surface area contributed by atoms with Gasteiger partial charge in [-0.2, -0.15) is 0 Å². The molecule has 57 heavy (non-hydrogen) atoms. The molecular formula is C53H33N3O. The zero-order valence-corrected chi connectivity index (χ0v) is 30.8. The molecule has 0 unspecified atom stereocenters. The molecule has 0 fully saturated rings. The number of hydrogen-bond donors (Lipinski definition) is 0. The quantitative estimate of drug-likeness (QED) is 0.171. The highest BCUT2D eigenvalue weighted by molar-refractivity contribution is 6.15. The molecule has 0 spiro atoms. The summed E-state index contributed by atoms with van der Waals surface area (Å²) >= 11 is 0. The van der Waals surface area contributed by atoms with Gasteiger partial charge >= 0.3 is 0 Å². The van der Waals surface area contributed by atoms with Gasteiger partial charge in [0.05, 0.1) is 0 Å². The summed E-state index contributed by atoms with van der Waals surface area (Å²) in [5, 5.41) is 6.42. The standard InChI is InChI=1S/C53H33N3O/c1-3-14-34(15-4-1)35-28-30-38(31-29-35)41-23-12-25-46-49-47(26-13-27-48(49)57-50(41)46)53-55-51(44-24-11-19-37-18-7-8-20-39(37)44)54-52(56-53)45-33-32-40(36-16-5-2-6-17-36)42-21-9-10-22-43(42)45/h1-33H. The summed E-state index contributed by atoms with van der Waals surface area (Å²) in [7, 11) is 0. The van der Waals surface area contributed by atoms with E-state index in [0.717, 1.165) is 76.9 Å². The van der Waals surface area contributed by atoms with Gasteiger partial charge in [-0.25, -0.2) is 15.0 Å². The molecule has 0 saturated heterocycles. The van der Waals surface area contributed by atoms with E-state index in [1.807, 2.05) is 18.2 Å². The number of nitrogens with zero attached hydrogens (tertiary/aromatic N) is 3. The lowest BCUT2D eigenvalue weighted by molar-refractivity contribution is 0.670. The van der Waals surface area contributed by atoms with Crippen molar-refractivity contribution in [3.63, 3.8) is 0 Å². The van der Waals surface area contributed by atoms with Crippen molar-refractivity contribution in [1.29, 1.82) is 0 Å². The molecule has 0 radical (unpaired) electrons. The molecular weight excluding hydrogens is 695 g/mol. The van der Waals surface area contributed by atoms with Crippen molar-refractivity contribution in [3.8, 4) is 67.5 Å². The van der Waals surface area contributed by atoms with Crippen LogP contribution in [-0.4, -0.2) is 15.0 Å².